The number of unbranched alkanes of at least 4 members (excludes halogenated alkanes) is 10. The summed E-state index contributed by atoms with van der Waals surface area (Å²) >= 11 is 1.10. The molecule has 0 N–H and O–H groups in total. The molecule has 1 heteroatoms. The van der Waals surface area contributed by atoms with Crippen molar-refractivity contribution in [2.75, 3.05) is 0 Å². The Kier molecular flexibility index (Phi) is 16.3. The van der Waals surface area contributed by atoms with E-state index in [4.69, 9.17) is 0 Å². The molecule has 0 aromatic carbocycles. The maximum atomic E-state index is 2.29. The van der Waals surface area contributed by atoms with Gasteiger partial charge in [-0.2, -0.15) is 0 Å². The van der Waals surface area contributed by atoms with Crippen LogP contribution in [0.25, 0.3) is 0 Å². The maximum absolute atomic E-state index is 2.29. The van der Waals surface area contributed by atoms with Crippen molar-refractivity contribution in [3.63, 3.8) is 0 Å². The predicted molar refractivity (Wildman–Crippen MR) is 67.0 cm³/mol. The normalized spacial score (nSPS) is 10.8. The van der Waals surface area contributed by atoms with E-state index in [2.05, 4.69) is 6.92 Å². The van der Waals surface area contributed by atoms with Crippen LogP contribution in [0.1, 0.15) is 77.6 Å². The van der Waals surface area contributed by atoms with E-state index >= 15 is 0 Å². The Labute approximate surface area is 125 Å². The predicted octanol–water partition coefficient (Wildman–Crippen LogP) is 4.88. The molecule has 0 fully saturated rings. The van der Waals surface area contributed by atoms with Gasteiger partial charge in [-0.1, -0.05) is 6.92 Å². The summed E-state index contributed by atoms with van der Waals surface area (Å²) in [6.45, 7) is 2.29. The molecule has 0 heterocycles. The van der Waals surface area contributed by atoms with Crippen molar-refractivity contribution in [1.29, 1.82) is 0 Å². The van der Waals surface area contributed by atoms with Gasteiger partial charge in [0.2, 0.25) is 0 Å². The second-order valence-electron chi connectivity index (χ2n) is 4.54. The zero-order valence-electron chi connectivity index (χ0n) is 10.5. The van der Waals surface area contributed by atoms with Crippen LogP contribution in [0.15, 0.2) is 0 Å². The van der Waals surface area contributed by atoms with Crippen molar-refractivity contribution < 1.29 is 0 Å². The van der Waals surface area contributed by atoms with Crippen LogP contribution in [0.2, 0.25) is 0.515 Å². The quantitative estimate of drug-likeness (QED) is 0.345. The molecule has 0 aliphatic heterocycles. The fraction of sp³-hybridized carbons (Fsp3) is 1.00. The topological polar surface area (TPSA) is 0 Å². The molecule has 0 unspecified atom stereocenters. The third kappa shape index (κ3) is 13.6. The van der Waals surface area contributed by atoms with Crippen molar-refractivity contribution in [2.24, 2.45) is 0 Å². The summed E-state index contributed by atoms with van der Waals surface area (Å²) in [4.78, 5) is 0. The van der Waals surface area contributed by atoms with Crippen LogP contribution in [-0.2, 0) is 0 Å². The first-order valence-electron chi connectivity index (χ1n) is 6.91. The molecule has 0 aromatic heterocycles. The summed E-state index contributed by atoms with van der Waals surface area (Å²) in [6, 6.07) is 0. The molecule has 0 rings (SSSR count). The van der Waals surface area contributed by atoms with E-state index < -0.39 is 0 Å². The van der Waals surface area contributed by atoms with Crippen molar-refractivity contribution >= 4 is 49.0 Å². The fourth-order valence-electron chi connectivity index (χ4n) is 1.91. The molecule has 0 radical (unpaired) electrons. The minimum absolute atomic E-state index is 1.10. The fourth-order valence-corrected chi connectivity index (χ4v) is 2.69. The number of hydrogen-bond acceptors (Lipinski definition) is 0. The van der Waals surface area contributed by atoms with E-state index in [1.807, 2.05) is 0 Å². The first kappa shape index (κ1) is 15.6. The Morgan fingerprint density at radius 1 is 0.571 bits per heavy atom. The van der Waals surface area contributed by atoms with Gasteiger partial charge in [0.15, 0.2) is 0 Å². The third-order valence-electron chi connectivity index (χ3n) is 2.96. The Balaban J connectivity index is 2.78. The molecule has 0 aliphatic rings. The first-order chi connectivity index (χ1) is 6.91. The zero-order valence-corrected chi connectivity index (χ0v) is 13.6. The van der Waals surface area contributed by atoms with Gasteiger partial charge >= 0.3 is 120 Å². The van der Waals surface area contributed by atoms with Gasteiger partial charge in [0.1, 0.15) is 0 Å². The van der Waals surface area contributed by atoms with E-state index in [-0.39, 0.29) is 0 Å². The van der Waals surface area contributed by atoms with Gasteiger partial charge in [-0.3, -0.25) is 0 Å². The molecule has 0 saturated carbocycles. The van der Waals surface area contributed by atoms with Gasteiger partial charge in [-0.25, -0.2) is 0 Å². The SMILES string of the molecule is CCCCCCCCCCCC[CH2][K]. The third-order valence-corrected chi connectivity index (χ3v) is 4.06. The molecule has 14 heavy (non-hydrogen) atoms. The van der Waals surface area contributed by atoms with Crippen LogP contribution >= 0.6 is 0 Å². The summed E-state index contributed by atoms with van der Waals surface area (Å²) in [6.07, 6.45) is 16.3. The van der Waals surface area contributed by atoms with Crippen molar-refractivity contribution in [2.45, 2.75) is 78.1 Å². The van der Waals surface area contributed by atoms with E-state index in [0.29, 0.717) is 0 Å². The van der Waals surface area contributed by atoms with Gasteiger partial charge in [0, 0.05) is 0 Å². The molecule has 0 nitrogen and oxygen atoms in total. The van der Waals surface area contributed by atoms with E-state index in [1.54, 1.807) is 0.515 Å². The standard InChI is InChI=1S/C13H27.K/c1-3-5-7-9-11-13-12-10-8-6-4-2;/h1,3-13H2,2H3;. The van der Waals surface area contributed by atoms with Crippen LogP contribution in [-0.4, -0.2) is 49.0 Å². The average molecular weight is 222 g/mol. The van der Waals surface area contributed by atoms with Crippen LogP contribution in [0.5, 0.6) is 0 Å². The Morgan fingerprint density at radius 2 is 0.929 bits per heavy atom. The minimum atomic E-state index is 1.10. The summed E-state index contributed by atoms with van der Waals surface area (Å²) in [5.74, 6) is 0. The molecular weight excluding hydrogens is 195 g/mol. The summed E-state index contributed by atoms with van der Waals surface area (Å²) in [5.41, 5.74) is 0. The van der Waals surface area contributed by atoms with Gasteiger partial charge < -0.3 is 0 Å². The molecule has 0 bridgehead atoms. The Morgan fingerprint density at radius 3 is 1.29 bits per heavy atom. The molecule has 80 valence electrons. The molecule has 0 saturated heterocycles. The number of rotatable bonds is 11. The van der Waals surface area contributed by atoms with Gasteiger partial charge in [-0.05, 0) is 0 Å². The zero-order chi connectivity index (χ0) is 10.5. The molecule has 0 atom stereocenters. The van der Waals surface area contributed by atoms with Crippen molar-refractivity contribution in [3.05, 3.63) is 0 Å². The summed E-state index contributed by atoms with van der Waals surface area (Å²) in [7, 11) is 0. The van der Waals surface area contributed by atoms with Gasteiger partial charge in [0.25, 0.3) is 0 Å². The van der Waals surface area contributed by atoms with Crippen molar-refractivity contribution in [3.8, 4) is 0 Å². The van der Waals surface area contributed by atoms with Crippen LogP contribution in [0, 0.1) is 0 Å². The van der Waals surface area contributed by atoms with Gasteiger partial charge in [-0.15, -0.1) is 0 Å². The number of hydrogen-bond donors (Lipinski definition) is 0. The molecular formula is C13H27K. The van der Waals surface area contributed by atoms with Crippen LogP contribution in [0.4, 0.5) is 0 Å². The molecule has 0 amide bonds. The molecule has 0 aromatic rings. The Hall–Kier alpha value is 1.64. The van der Waals surface area contributed by atoms with Crippen LogP contribution in [0.3, 0.4) is 0 Å². The molecule has 0 aliphatic carbocycles. The molecule has 0 spiro atoms. The second-order valence-corrected chi connectivity index (χ2v) is 6.10. The Bertz CT molecular complexity index is 79.2. The second kappa shape index (κ2) is 14.6. The van der Waals surface area contributed by atoms with Gasteiger partial charge in [0.05, 0.1) is 0 Å². The van der Waals surface area contributed by atoms with E-state index in [1.165, 1.54) is 70.6 Å². The van der Waals surface area contributed by atoms with Crippen LogP contribution < -0.4 is 0 Å². The summed E-state index contributed by atoms with van der Waals surface area (Å²) in [5, 5.41) is 0. The van der Waals surface area contributed by atoms with Crippen molar-refractivity contribution in [1.82, 2.24) is 0 Å². The monoisotopic (exact) mass is 222 g/mol. The van der Waals surface area contributed by atoms with E-state index in [9.17, 15) is 0 Å². The van der Waals surface area contributed by atoms with E-state index in [0.717, 1.165) is 49.0 Å². The average Bonchev–Trinajstić information content (AvgIpc) is 2.21. The summed E-state index contributed by atoms with van der Waals surface area (Å²) < 4.78 is 1.56. The first-order valence-corrected chi connectivity index (χ1v) is 9.12.